The van der Waals surface area contributed by atoms with Crippen LogP contribution in [0.15, 0.2) is 0 Å². The van der Waals surface area contributed by atoms with Crippen molar-refractivity contribution in [2.75, 3.05) is 0 Å². The van der Waals surface area contributed by atoms with Crippen molar-refractivity contribution >= 4 is 53.7 Å². The molecule has 0 heterocycles. The third-order valence-electron chi connectivity index (χ3n) is 3.85. The molecule has 0 aromatic heterocycles. The van der Waals surface area contributed by atoms with Crippen LogP contribution in [0.1, 0.15) is 38.5 Å². The fourth-order valence-electron chi connectivity index (χ4n) is 2.13. The molecule has 0 aromatic rings. The summed E-state index contributed by atoms with van der Waals surface area (Å²) in [6, 6.07) is 0. The van der Waals surface area contributed by atoms with Gasteiger partial charge in [-0.1, -0.05) is 0 Å². The number of carbonyl (C=O) groups is 9. The first kappa shape index (κ1) is 43.2. The fraction of sp³-hybridized carbons (Fsp3) is 0.500. The van der Waals surface area contributed by atoms with Gasteiger partial charge < -0.3 is 66.1 Å². The van der Waals surface area contributed by atoms with E-state index in [0.29, 0.717) is 0 Å². The zero-order chi connectivity index (χ0) is 31.9. The number of aliphatic carboxylic acids is 9. The van der Waals surface area contributed by atoms with Crippen molar-refractivity contribution in [1.82, 2.24) is 0 Å². The molecule has 0 aliphatic carbocycles. The number of hydrogen-bond acceptors (Lipinski definition) is 13. The molecule has 0 bridgehead atoms. The topological polar surface area (TPSA) is 399 Å². The van der Waals surface area contributed by atoms with Gasteiger partial charge in [0.15, 0.2) is 16.8 Å². The number of rotatable bonds is 15. The monoisotopic (exact) mass is 598 g/mol. The first-order valence-corrected chi connectivity index (χ1v) is 9.49. The average molecular weight is 598 g/mol. The first-order chi connectivity index (χ1) is 17.3. The van der Waals surface area contributed by atoms with Gasteiger partial charge >= 0.3 is 77.3 Å². The first-order valence-electron chi connectivity index (χ1n) is 9.49. The molecule has 0 amide bonds. The Morgan fingerprint density at radius 3 is 0.650 bits per heavy atom. The van der Waals surface area contributed by atoms with Gasteiger partial charge in [0.2, 0.25) is 0 Å². The van der Waals surface area contributed by atoms with Crippen LogP contribution >= 0.6 is 0 Å². The van der Waals surface area contributed by atoms with E-state index in [1.54, 1.807) is 0 Å². The van der Waals surface area contributed by atoms with Crippen molar-refractivity contribution in [2.24, 2.45) is 0 Å². The quantitative estimate of drug-likeness (QED) is 0.0779. The molecule has 40 heavy (non-hydrogen) atoms. The third kappa shape index (κ3) is 19.2. The van der Waals surface area contributed by atoms with Crippen LogP contribution in [0.5, 0.6) is 0 Å². The molecule has 0 aliphatic rings. The summed E-state index contributed by atoms with van der Waals surface area (Å²) >= 11 is 0. The molecule has 1 atom stereocenters. The fourth-order valence-corrected chi connectivity index (χ4v) is 2.13. The third-order valence-corrected chi connectivity index (χ3v) is 3.85. The molecular weight excluding hydrogens is 575 g/mol. The summed E-state index contributed by atoms with van der Waals surface area (Å²) in [7, 11) is 0. The van der Waals surface area contributed by atoms with E-state index < -0.39 is 109 Å². The summed E-state index contributed by atoms with van der Waals surface area (Å²) in [5, 5.41) is 103. The van der Waals surface area contributed by atoms with Crippen LogP contribution in [0.2, 0.25) is 0 Å². The Morgan fingerprint density at radius 1 is 0.400 bits per heavy atom. The number of aliphatic hydroxyl groups is 3. The van der Waals surface area contributed by atoms with Crippen molar-refractivity contribution in [3.8, 4) is 0 Å². The van der Waals surface area contributed by atoms with E-state index in [9.17, 15) is 48.3 Å². The number of carbonyl (C=O) groups excluding carboxylic acids is 1. The van der Waals surface area contributed by atoms with Crippen LogP contribution in [-0.4, -0.2) is 127 Å². The number of hydrogen-bond donors (Lipinski definition) is 11. The van der Waals surface area contributed by atoms with Crippen molar-refractivity contribution < 1.29 is 134 Å². The van der Waals surface area contributed by atoms with Crippen molar-refractivity contribution in [3.05, 3.63) is 0 Å². The molecule has 0 aliphatic heterocycles. The largest absolute Gasteiger partial charge is 1.00 e. The average Bonchev–Trinajstić information content (AvgIpc) is 2.64. The minimum atomic E-state index is -2.80. The van der Waals surface area contributed by atoms with Crippen LogP contribution in [0, 0.1) is 0 Å². The SMILES string of the molecule is O=C(O)CC(O)(CC(=O)O)C(=O)O.O=C(O)CC(O)(CC(=O)O)C(=O)O.O=C([O-])CC(O)(CC(=O)O)C(=O)O.[Na+]. The molecule has 0 fully saturated rings. The number of carboxylic acid groups (broad SMARTS) is 9. The van der Waals surface area contributed by atoms with Crippen LogP contribution in [0.3, 0.4) is 0 Å². The zero-order valence-electron chi connectivity index (χ0n) is 20.2. The minimum absolute atomic E-state index is 0. The minimum Gasteiger partial charge on any atom is -0.550 e. The van der Waals surface area contributed by atoms with Crippen molar-refractivity contribution in [2.45, 2.75) is 55.3 Å². The summed E-state index contributed by atoms with van der Waals surface area (Å²) in [6.07, 6.45) is -7.02. The van der Waals surface area contributed by atoms with E-state index in [0.717, 1.165) is 0 Å². The molecule has 21 nitrogen and oxygen atoms in total. The molecule has 22 heteroatoms. The summed E-state index contributed by atoms with van der Waals surface area (Å²) in [4.78, 5) is 91.3. The Bertz CT molecular complexity index is 812. The van der Waals surface area contributed by atoms with Gasteiger partial charge in [-0.15, -0.1) is 0 Å². The Hall–Kier alpha value is -3.89. The van der Waals surface area contributed by atoms with Gasteiger partial charge in [0.05, 0.1) is 32.1 Å². The van der Waals surface area contributed by atoms with Crippen LogP contribution in [-0.2, 0) is 43.2 Å². The predicted molar refractivity (Wildman–Crippen MR) is 109 cm³/mol. The predicted octanol–water partition coefficient (Wildman–Crippen LogP) is -8.08. The molecule has 0 rings (SSSR count). The Kier molecular flexibility index (Phi) is 19.9. The molecule has 0 saturated carbocycles. The van der Waals surface area contributed by atoms with Gasteiger partial charge in [0, 0.05) is 12.4 Å². The van der Waals surface area contributed by atoms with Gasteiger partial charge in [0.25, 0.3) is 0 Å². The summed E-state index contributed by atoms with van der Waals surface area (Å²) in [5.74, 6) is -15.4. The van der Waals surface area contributed by atoms with E-state index in [-0.39, 0.29) is 29.6 Å². The van der Waals surface area contributed by atoms with Crippen LogP contribution in [0.25, 0.3) is 0 Å². The molecule has 0 aromatic carbocycles. The van der Waals surface area contributed by atoms with Gasteiger partial charge in [-0.3, -0.25) is 24.0 Å². The van der Waals surface area contributed by atoms with E-state index >= 15 is 0 Å². The van der Waals surface area contributed by atoms with E-state index in [2.05, 4.69) is 0 Å². The second-order valence-electron chi connectivity index (χ2n) is 7.41. The second-order valence-corrected chi connectivity index (χ2v) is 7.41. The zero-order valence-corrected chi connectivity index (χ0v) is 22.2. The molecule has 0 spiro atoms. The van der Waals surface area contributed by atoms with Gasteiger partial charge in [-0.2, -0.15) is 0 Å². The molecule has 1 unspecified atom stereocenters. The van der Waals surface area contributed by atoms with E-state index in [4.69, 9.17) is 56.2 Å². The summed E-state index contributed by atoms with van der Waals surface area (Å²) in [5.41, 5.74) is -8.28. The molecule has 0 saturated heterocycles. The van der Waals surface area contributed by atoms with Crippen molar-refractivity contribution in [1.29, 1.82) is 0 Å². The van der Waals surface area contributed by atoms with E-state index in [1.807, 2.05) is 0 Å². The number of carboxylic acids is 9. The Balaban J connectivity index is -0.000000240. The molecule has 11 N–H and O–H groups in total. The van der Waals surface area contributed by atoms with Gasteiger partial charge in [-0.05, 0) is 0 Å². The van der Waals surface area contributed by atoms with Crippen LogP contribution in [0.4, 0.5) is 0 Å². The van der Waals surface area contributed by atoms with Crippen LogP contribution < -0.4 is 34.7 Å². The molecule has 0 radical (unpaired) electrons. The summed E-state index contributed by atoms with van der Waals surface area (Å²) in [6.45, 7) is 0. The van der Waals surface area contributed by atoms with E-state index in [1.165, 1.54) is 0 Å². The molecular formula is C18H23NaO21. The maximum atomic E-state index is 10.3. The maximum Gasteiger partial charge on any atom is 1.00 e. The van der Waals surface area contributed by atoms with Crippen molar-refractivity contribution in [3.63, 3.8) is 0 Å². The summed E-state index contributed by atoms with van der Waals surface area (Å²) < 4.78 is 0. The maximum absolute atomic E-state index is 10.3. The second kappa shape index (κ2) is 18.4. The smallest absolute Gasteiger partial charge is 0.550 e. The van der Waals surface area contributed by atoms with Gasteiger partial charge in [0.1, 0.15) is 0 Å². The Morgan fingerprint density at radius 2 is 0.550 bits per heavy atom. The normalized spacial score (nSPS) is 11.8. The standard InChI is InChI=1S/3C6H8O7.Na/c3*7-3(8)1-6(13,5(11)12)2-4(9)10;/h3*13H,1-2H2,(H,7,8)(H,9,10)(H,11,12);/q;;;+1/p-1. The van der Waals surface area contributed by atoms with Gasteiger partial charge in [-0.25, -0.2) is 14.4 Å². The Labute approximate surface area is 242 Å². The molecule has 222 valence electrons.